The van der Waals surface area contributed by atoms with Crippen LogP contribution < -0.4 is 0 Å². The average molecular weight is 211 g/mol. The third-order valence-corrected chi connectivity index (χ3v) is 2.84. The minimum atomic E-state index is -1.09. The lowest BCUT2D eigenvalue weighted by Crippen LogP contribution is -2.28. The van der Waals surface area contributed by atoms with Crippen LogP contribution in [0.3, 0.4) is 0 Å². The molecule has 0 aromatic rings. The van der Waals surface area contributed by atoms with E-state index in [0.717, 1.165) is 24.5 Å². The van der Waals surface area contributed by atoms with E-state index in [9.17, 15) is 9.59 Å². The van der Waals surface area contributed by atoms with Crippen molar-refractivity contribution in [1.82, 2.24) is 4.90 Å². The minimum Gasteiger partial charge on any atom is -0.478 e. The molecule has 0 heterocycles. The van der Waals surface area contributed by atoms with Crippen molar-refractivity contribution < 1.29 is 14.7 Å². The zero-order chi connectivity index (χ0) is 11.3. The number of carboxylic acid groups (broad SMARTS) is 1. The van der Waals surface area contributed by atoms with Crippen molar-refractivity contribution in [3.05, 3.63) is 12.2 Å². The molecular formula is C11H17NO3. The van der Waals surface area contributed by atoms with Gasteiger partial charge in [-0.2, -0.15) is 0 Å². The summed E-state index contributed by atoms with van der Waals surface area (Å²) in [7, 11) is 1.70. The van der Waals surface area contributed by atoms with Crippen LogP contribution in [-0.2, 0) is 9.59 Å². The fraction of sp³-hybridized carbons (Fsp3) is 0.636. The van der Waals surface area contributed by atoms with Crippen molar-refractivity contribution in [3.8, 4) is 0 Å². The molecule has 1 fully saturated rings. The maximum Gasteiger partial charge on any atom is 0.328 e. The number of hydrogen-bond acceptors (Lipinski definition) is 2. The van der Waals surface area contributed by atoms with E-state index in [2.05, 4.69) is 0 Å². The van der Waals surface area contributed by atoms with Gasteiger partial charge in [0, 0.05) is 25.7 Å². The van der Waals surface area contributed by atoms with Gasteiger partial charge >= 0.3 is 5.97 Å². The van der Waals surface area contributed by atoms with E-state index in [0.29, 0.717) is 6.54 Å². The quantitative estimate of drug-likeness (QED) is 0.697. The molecule has 1 rings (SSSR count). The van der Waals surface area contributed by atoms with Gasteiger partial charge < -0.3 is 10.0 Å². The molecule has 1 aliphatic carbocycles. The van der Waals surface area contributed by atoms with Crippen LogP contribution in [-0.4, -0.2) is 35.5 Å². The van der Waals surface area contributed by atoms with Crippen LogP contribution in [0.15, 0.2) is 12.2 Å². The number of nitrogens with zero attached hydrogens (tertiary/aromatic N) is 1. The normalized spacial score (nSPS) is 16.3. The van der Waals surface area contributed by atoms with Gasteiger partial charge in [-0.25, -0.2) is 4.79 Å². The molecule has 84 valence electrons. The van der Waals surface area contributed by atoms with E-state index in [1.807, 2.05) is 0 Å². The molecule has 0 spiro atoms. The Labute approximate surface area is 89.6 Å². The highest BCUT2D eigenvalue weighted by atomic mass is 16.4. The Hall–Kier alpha value is -1.32. The van der Waals surface area contributed by atoms with E-state index < -0.39 is 5.97 Å². The van der Waals surface area contributed by atoms with Gasteiger partial charge in [-0.15, -0.1) is 0 Å². The van der Waals surface area contributed by atoms with Crippen LogP contribution in [0.2, 0.25) is 0 Å². The summed E-state index contributed by atoms with van der Waals surface area (Å²) < 4.78 is 0. The largest absolute Gasteiger partial charge is 0.478 e. The Morgan fingerprint density at radius 1 is 1.40 bits per heavy atom. The first kappa shape index (κ1) is 11.8. The van der Waals surface area contributed by atoms with Crippen molar-refractivity contribution >= 4 is 11.9 Å². The summed E-state index contributed by atoms with van der Waals surface area (Å²) in [6.07, 6.45) is 6.86. The standard InChI is InChI=1S/C11H17NO3/c1-12(8-7-9-3-2-4-9)10(13)5-6-11(14)15/h5-6,9H,2-4,7-8H2,1H3,(H,14,15)/b6-5+. The third-order valence-electron chi connectivity index (χ3n) is 2.84. The Morgan fingerprint density at radius 2 is 2.07 bits per heavy atom. The van der Waals surface area contributed by atoms with E-state index in [4.69, 9.17) is 5.11 Å². The van der Waals surface area contributed by atoms with Crippen LogP contribution >= 0.6 is 0 Å². The van der Waals surface area contributed by atoms with Gasteiger partial charge in [0.25, 0.3) is 0 Å². The predicted octanol–water partition coefficient (Wildman–Crippen LogP) is 1.28. The SMILES string of the molecule is CN(CCC1CCC1)C(=O)/C=C/C(=O)O. The number of hydrogen-bond donors (Lipinski definition) is 1. The molecule has 0 atom stereocenters. The molecule has 1 N–H and O–H groups in total. The molecule has 4 nitrogen and oxygen atoms in total. The molecule has 0 bridgehead atoms. The van der Waals surface area contributed by atoms with Crippen molar-refractivity contribution in [2.24, 2.45) is 5.92 Å². The van der Waals surface area contributed by atoms with Gasteiger partial charge in [-0.05, 0) is 12.3 Å². The first-order chi connectivity index (χ1) is 7.09. The molecule has 1 amide bonds. The smallest absolute Gasteiger partial charge is 0.328 e. The summed E-state index contributed by atoms with van der Waals surface area (Å²) in [5.41, 5.74) is 0. The number of carboxylic acids is 1. The Morgan fingerprint density at radius 3 is 2.53 bits per heavy atom. The molecule has 0 aromatic carbocycles. The van der Waals surface area contributed by atoms with Gasteiger partial charge in [-0.1, -0.05) is 19.3 Å². The lowest BCUT2D eigenvalue weighted by molar-refractivity contribution is -0.132. The molecule has 0 aromatic heterocycles. The van der Waals surface area contributed by atoms with Crippen molar-refractivity contribution in [1.29, 1.82) is 0 Å². The lowest BCUT2D eigenvalue weighted by atomic mass is 9.83. The summed E-state index contributed by atoms with van der Waals surface area (Å²) in [5, 5.41) is 8.35. The third kappa shape index (κ3) is 4.14. The van der Waals surface area contributed by atoms with Gasteiger partial charge in [0.1, 0.15) is 0 Å². The zero-order valence-corrected chi connectivity index (χ0v) is 8.98. The number of likely N-dealkylation sites (N-methyl/N-ethyl adjacent to an activating group) is 1. The molecule has 0 radical (unpaired) electrons. The first-order valence-corrected chi connectivity index (χ1v) is 5.25. The van der Waals surface area contributed by atoms with Crippen molar-refractivity contribution in [3.63, 3.8) is 0 Å². The van der Waals surface area contributed by atoms with E-state index in [1.54, 1.807) is 11.9 Å². The van der Waals surface area contributed by atoms with Gasteiger partial charge in [0.05, 0.1) is 0 Å². The van der Waals surface area contributed by atoms with E-state index >= 15 is 0 Å². The van der Waals surface area contributed by atoms with E-state index in [-0.39, 0.29) is 5.91 Å². The second kappa shape index (κ2) is 5.53. The molecule has 0 unspecified atom stereocenters. The molecular weight excluding hydrogens is 194 g/mol. The molecule has 1 aliphatic rings. The number of aliphatic carboxylic acids is 1. The summed E-state index contributed by atoms with van der Waals surface area (Å²) in [4.78, 5) is 23.1. The number of carbonyl (C=O) groups is 2. The van der Waals surface area contributed by atoms with Crippen LogP contribution in [0.25, 0.3) is 0 Å². The number of carbonyl (C=O) groups excluding carboxylic acids is 1. The van der Waals surface area contributed by atoms with Crippen LogP contribution in [0.4, 0.5) is 0 Å². The summed E-state index contributed by atoms with van der Waals surface area (Å²) in [6.45, 7) is 0.716. The van der Waals surface area contributed by atoms with Gasteiger partial charge in [0.2, 0.25) is 5.91 Å². The number of amides is 1. The second-order valence-corrected chi connectivity index (χ2v) is 4.02. The highest BCUT2D eigenvalue weighted by molar-refractivity contribution is 5.93. The minimum absolute atomic E-state index is 0.239. The maximum absolute atomic E-state index is 11.3. The summed E-state index contributed by atoms with van der Waals surface area (Å²) in [5.74, 6) is -0.559. The van der Waals surface area contributed by atoms with Crippen LogP contribution in [0, 0.1) is 5.92 Å². The van der Waals surface area contributed by atoms with Gasteiger partial charge in [0.15, 0.2) is 0 Å². The Balaban J connectivity index is 2.22. The maximum atomic E-state index is 11.3. The average Bonchev–Trinajstić information content (AvgIpc) is 2.11. The Kier molecular flexibility index (Phi) is 4.34. The second-order valence-electron chi connectivity index (χ2n) is 4.02. The predicted molar refractivity (Wildman–Crippen MR) is 56.4 cm³/mol. The topological polar surface area (TPSA) is 57.6 Å². The highest BCUT2D eigenvalue weighted by Crippen LogP contribution is 2.29. The number of rotatable bonds is 5. The Bertz CT molecular complexity index is 269. The fourth-order valence-electron chi connectivity index (χ4n) is 1.54. The van der Waals surface area contributed by atoms with Crippen LogP contribution in [0.1, 0.15) is 25.7 Å². The molecule has 0 saturated heterocycles. The lowest BCUT2D eigenvalue weighted by Gasteiger charge is -2.27. The van der Waals surface area contributed by atoms with E-state index in [1.165, 1.54) is 19.3 Å². The molecule has 15 heavy (non-hydrogen) atoms. The van der Waals surface area contributed by atoms with Crippen LogP contribution in [0.5, 0.6) is 0 Å². The van der Waals surface area contributed by atoms with Gasteiger partial charge in [-0.3, -0.25) is 4.79 Å². The first-order valence-electron chi connectivity index (χ1n) is 5.25. The fourth-order valence-corrected chi connectivity index (χ4v) is 1.54. The zero-order valence-electron chi connectivity index (χ0n) is 8.98. The van der Waals surface area contributed by atoms with Crippen molar-refractivity contribution in [2.75, 3.05) is 13.6 Å². The van der Waals surface area contributed by atoms with Crippen molar-refractivity contribution in [2.45, 2.75) is 25.7 Å². The molecule has 4 heteroatoms. The summed E-state index contributed by atoms with van der Waals surface area (Å²) in [6, 6.07) is 0. The summed E-state index contributed by atoms with van der Waals surface area (Å²) >= 11 is 0. The molecule has 1 saturated carbocycles. The monoisotopic (exact) mass is 211 g/mol. The highest BCUT2D eigenvalue weighted by Gasteiger charge is 2.18. The molecule has 0 aliphatic heterocycles.